The van der Waals surface area contributed by atoms with E-state index in [0.717, 1.165) is 43.6 Å². The lowest BCUT2D eigenvalue weighted by molar-refractivity contribution is 0.0690. The highest BCUT2D eigenvalue weighted by molar-refractivity contribution is 5.95. The van der Waals surface area contributed by atoms with Crippen LogP contribution in [0.1, 0.15) is 34.5 Å². The van der Waals surface area contributed by atoms with Gasteiger partial charge in [0.1, 0.15) is 6.61 Å². The van der Waals surface area contributed by atoms with Gasteiger partial charge >= 0.3 is 0 Å². The summed E-state index contributed by atoms with van der Waals surface area (Å²) in [6.45, 7) is 1.83. The van der Waals surface area contributed by atoms with Crippen molar-refractivity contribution in [2.75, 3.05) is 20.2 Å². The van der Waals surface area contributed by atoms with E-state index >= 15 is 0 Å². The molecule has 6 nitrogen and oxygen atoms in total. The molecule has 0 atom stereocenters. The number of carbonyl (C=O) groups is 1. The Morgan fingerprint density at radius 3 is 2.60 bits per heavy atom. The Bertz CT molecular complexity index is 1300. The molecule has 0 bridgehead atoms. The number of nitrogens with zero attached hydrogens (tertiary/aromatic N) is 3. The van der Waals surface area contributed by atoms with Crippen molar-refractivity contribution in [3.63, 3.8) is 0 Å². The van der Waals surface area contributed by atoms with Crippen molar-refractivity contribution in [1.82, 2.24) is 14.9 Å². The van der Waals surface area contributed by atoms with E-state index in [0.29, 0.717) is 29.6 Å². The second kappa shape index (κ2) is 10.6. The van der Waals surface area contributed by atoms with Crippen LogP contribution in [0, 0.1) is 5.92 Å². The summed E-state index contributed by atoms with van der Waals surface area (Å²) in [4.78, 5) is 23.9. The average molecular weight is 468 g/mol. The standard InChI is InChI=1S/C29H29N3O3/c1-34-27-10-8-24(19-28(27)35-20-25-6-2-3-13-30-25)29(33)32-15-11-21(12-16-32)17-22-7-9-26-23(18-22)5-4-14-31-26/h2-10,13-14,18-19,21H,11-12,15-17,20H2,1H3. The van der Waals surface area contributed by atoms with Crippen LogP contribution in [0.25, 0.3) is 10.9 Å². The molecule has 2 aromatic heterocycles. The molecule has 6 heteroatoms. The van der Waals surface area contributed by atoms with Crippen molar-refractivity contribution in [1.29, 1.82) is 0 Å². The Morgan fingerprint density at radius 2 is 1.80 bits per heavy atom. The van der Waals surface area contributed by atoms with Gasteiger partial charge in [0.2, 0.25) is 0 Å². The van der Waals surface area contributed by atoms with Crippen LogP contribution >= 0.6 is 0 Å². The molecular formula is C29H29N3O3. The highest BCUT2D eigenvalue weighted by Gasteiger charge is 2.24. The van der Waals surface area contributed by atoms with Crippen LogP contribution in [0.5, 0.6) is 11.5 Å². The monoisotopic (exact) mass is 467 g/mol. The number of ether oxygens (including phenoxy) is 2. The zero-order valence-corrected chi connectivity index (χ0v) is 19.9. The number of pyridine rings is 2. The van der Waals surface area contributed by atoms with Gasteiger partial charge in [-0.15, -0.1) is 0 Å². The Hall–Kier alpha value is -3.93. The topological polar surface area (TPSA) is 64.5 Å². The first-order valence-corrected chi connectivity index (χ1v) is 12.0. The molecule has 178 valence electrons. The number of fused-ring (bicyclic) bond motifs is 1. The first-order chi connectivity index (χ1) is 17.2. The summed E-state index contributed by atoms with van der Waals surface area (Å²) in [6, 6.07) is 21.7. The van der Waals surface area contributed by atoms with E-state index in [2.05, 4.69) is 34.2 Å². The molecule has 0 spiro atoms. The summed E-state index contributed by atoms with van der Waals surface area (Å²) in [6.07, 6.45) is 6.58. The maximum absolute atomic E-state index is 13.2. The van der Waals surface area contributed by atoms with Crippen molar-refractivity contribution < 1.29 is 14.3 Å². The molecule has 5 rings (SSSR count). The molecule has 4 aromatic rings. The minimum atomic E-state index is 0.0329. The van der Waals surface area contributed by atoms with E-state index in [1.165, 1.54) is 10.9 Å². The molecule has 2 aromatic carbocycles. The zero-order valence-electron chi connectivity index (χ0n) is 19.9. The number of benzene rings is 2. The summed E-state index contributed by atoms with van der Waals surface area (Å²) in [7, 11) is 1.60. The molecule has 0 saturated carbocycles. The number of hydrogen-bond acceptors (Lipinski definition) is 5. The predicted molar refractivity (Wildman–Crippen MR) is 136 cm³/mol. The minimum Gasteiger partial charge on any atom is -0.493 e. The SMILES string of the molecule is COc1ccc(C(=O)N2CCC(Cc3ccc4ncccc4c3)CC2)cc1OCc1ccccn1. The number of carbonyl (C=O) groups excluding carboxylic acids is 1. The van der Waals surface area contributed by atoms with E-state index in [4.69, 9.17) is 9.47 Å². The third kappa shape index (κ3) is 5.43. The molecule has 35 heavy (non-hydrogen) atoms. The number of piperidine rings is 1. The van der Waals surface area contributed by atoms with Crippen LogP contribution in [-0.2, 0) is 13.0 Å². The first-order valence-electron chi connectivity index (χ1n) is 12.0. The molecular weight excluding hydrogens is 438 g/mol. The number of amides is 1. The number of methoxy groups -OCH3 is 1. The van der Waals surface area contributed by atoms with Gasteiger partial charge in [-0.25, -0.2) is 0 Å². The van der Waals surface area contributed by atoms with Crippen molar-refractivity contribution in [2.24, 2.45) is 5.92 Å². The summed E-state index contributed by atoms with van der Waals surface area (Å²) >= 11 is 0. The first kappa shape index (κ1) is 22.8. The molecule has 1 amide bonds. The fraction of sp³-hybridized carbons (Fsp3) is 0.276. The molecule has 0 N–H and O–H groups in total. The van der Waals surface area contributed by atoms with Crippen molar-refractivity contribution in [3.05, 3.63) is 95.9 Å². The molecule has 1 saturated heterocycles. The number of rotatable bonds is 7. The van der Waals surface area contributed by atoms with E-state index in [9.17, 15) is 4.79 Å². The third-order valence-electron chi connectivity index (χ3n) is 6.61. The summed E-state index contributed by atoms with van der Waals surface area (Å²) in [5.41, 5.74) is 3.79. The van der Waals surface area contributed by atoms with Gasteiger partial charge in [-0.05, 0) is 79.3 Å². The van der Waals surface area contributed by atoms with Crippen molar-refractivity contribution in [3.8, 4) is 11.5 Å². The highest BCUT2D eigenvalue weighted by atomic mass is 16.5. The molecule has 0 aliphatic carbocycles. The van der Waals surface area contributed by atoms with Gasteiger partial charge in [0.15, 0.2) is 11.5 Å². The van der Waals surface area contributed by atoms with Crippen LogP contribution in [0.3, 0.4) is 0 Å². The molecule has 0 unspecified atom stereocenters. The lowest BCUT2D eigenvalue weighted by Gasteiger charge is -2.32. The molecule has 1 aliphatic heterocycles. The van der Waals surface area contributed by atoms with E-state index in [-0.39, 0.29) is 5.91 Å². The Balaban J connectivity index is 1.20. The van der Waals surface area contributed by atoms with Gasteiger partial charge in [-0.1, -0.05) is 18.2 Å². The van der Waals surface area contributed by atoms with E-state index < -0.39 is 0 Å². The van der Waals surface area contributed by atoms with Gasteiger partial charge in [0.05, 0.1) is 18.3 Å². The fourth-order valence-electron chi connectivity index (χ4n) is 4.67. The molecule has 1 fully saturated rings. The lowest BCUT2D eigenvalue weighted by Crippen LogP contribution is -2.38. The minimum absolute atomic E-state index is 0.0329. The molecule has 3 heterocycles. The van der Waals surface area contributed by atoms with Crippen molar-refractivity contribution >= 4 is 16.8 Å². The van der Waals surface area contributed by atoms with Crippen LogP contribution in [0.4, 0.5) is 0 Å². The number of aromatic nitrogens is 2. The van der Waals surface area contributed by atoms with E-state index in [1.54, 1.807) is 25.4 Å². The second-order valence-electron chi connectivity index (χ2n) is 8.95. The maximum Gasteiger partial charge on any atom is 0.253 e. The van der Waals surface area contributed by atoms with Crippen molar-refractivity contribution in [2.45, 2.75) is 25.9 Å². The van der Waals surface area contributed by atoms with Crippen LogP contribution in [-0.4, -0.2) is 41.0 Å². The van der Waals surface area contributed by atoms with E-state index in [1.807, 2.05) is 41.4 Å². The Labute approximate surface area is 205 Å². The molecule has 1 aliphatic rings. The lowest BCUT2D eigenvalue weighted by atomic mass is 9.89. The second-order valence-corrected chi connectivity index (χ2v) is 8.95. The van der Waals surface area contributed by atoms with Crippen LogP contribution in [0.15, 0.2) is 79.1 Å². The van der Waals surface area contributed by atoms with Gasteiger partial charge in [0.25, 0.3) is 5.91 Å². The van der Waals surface area contributed by atoms with Gasteiger partial charge < -0.3 is 14.4 Å². The van der Waals surface area contributed by atoms with Gasteiger partial charge in [-0.2, -0.15) is 0 Å². The summed E-state index contributed by atoms with van der Waals surface area (Å²) in [5.74, 6) is 1.75. The Kier molecular flexibility index (Phi) is 6.89. The van der Waals surface area contributed by atoms with Crippen LogP contribution < -0.4 is 9.47 Å². The van der Waals surface area contributed by atoms with Gasteiger partial charge in [-0.3, -0.25) is 14.8 Å². The average Bonchev–Trinajstić information content (AvgIpc) is 2.92. The van der Waals surface area contributed by atoms with Gasteiger partial charge in [0, 0.05) is 36.4 Å². The normalized spacial score (nSPS) is 14.1. The fourth-order valence-corrected chi connectivity index (χ4v) is 4.67. The predicted octanol–water partition coefficient (Wildman–Crippen LogP) is 5.31. The Morgan fingerprint density at radius 1 is 0.943 bits per heavy atom. The third-order valence-corrected chi connectivity index (χ3v) is 6.61. The number of hydrogen-bond donors (Lipinski definition) is 0. The smallest absolute Gasteiger partial charge is 0.253 e. The largest absolute Gasteiger partial charge is 0.493 e. The molecule has 0 radical (unpaired) electrons. The maximum atomic E-state index is 13.2. The zero-order chi connectivity index (χ0) is 24.0. The highest BCUT2D eigenvalue weighted by Crippen LogP contribution is 2.30. The quantitative estimate of drug-likeness (QED) is 0.368. The van der Waals surface area contributed by atoms with Crippen LogP contribution in [0.2, 0.25) is 0 Å². The summed E-state index contributed by atoms with van der Waals surface area (Å²) in [5, 5.41) is 1.18. The number of likely N-dealkylation sites (tertiary alicyclic amines) is 1. The summed E-state index contributed by atoms with van der Waals surface area (Å²) < 4.78 is 11.4.